The molecule has 3 unspecified atom stereocenters. The Hall–Kier alpha value is -1.52. The number of nitrogens with two attached hydrogens (primary N) is 3. The first kappa shape index (κ1) is 21.5. The van der Waals surface area contributed by atoms with E-state index in [1.54, 1.807) is 0 Å². The van der Waals surface area contributed by atoms with Crippen molar-refractivity contribution in [3.8, 4) is 0 Å². The minimum absolute atomic E-state index is 0.0378. The fraction of sp³-hybridized carbons (Fsp3) is 0.667. The molecule has 132 valence electrons. The third-order valence-corrected chi connectivity index (χ3v) is 5.91. The first-order valence-electron chi connectivity index (χ1n) is 6.65. The molecule has 0 saturated heterocycles. The molecular weight excluding hydrogens is 377 g/mol. The van der Waals surface area contributed by atoms with E-state index in [0.29, 0.717) is 0 Å². The Labute approximate surface area is 138 Å². The number of carbonyl (C=O) groups is 4. The van der Waals surface area contributed by atoms with E-state index in [4.69, 9.17) is 32.5 Å². The third kappa shape index (κ3) is 8.62. The molecule has 0 aromatic heterocycles. The first-order chi connectivity index (χ1) is 10.6. The third-order valence-electron chi connectivity index (χ3n) is 2.96. The number of aliphatic carboxylic acids is 3. The molecule has 9 N–H and O–H groups in total. The predicted molar refractivity (Wildman–Crippen MR) is 80.0 cm³/mol. The van der Waals surface area contributed by atoms with Crippen LogP contribution in [0.15, 0.2) is 0 Å². The van der Waals surface area contributed by atoms with Crippen molar-refractivity contribution in [2.45, 2.75) is 47.5 Å². The molecular formula is C12H21N3O7Se. The number of Topliss-reactive ketones (excluding diaryl/α,β-unsaturated/α-hetero) is 1. The number of carboxylic acids is 3. The second-order valence-corrected chi connectivity index (χ2v) is 7.49. The standard InChI is InChI=1S/C12H21N3O7Se/c13-5(10(17)18)1-2-8(16)9(3-6(14)11(19)20)23-4-7(15)12(21)22/h5-7,9H,1-4,13-15H2,(H,17,18)(H,19,20)(H,21,22)/t5-,6?,7?,9?/m0/s1. The molecule has 4 atom stereocenters. The van der Waals surface area contributed by atoms with Gasteiger partial charge in [-0.1, -0.05) is 0 Å². The molecule has 0 aliphatic heterocycles. The van der Waals surface area contributed by atoms with Gasteiger partial charge < -0.3 is 0 Å². The number of hydrogen-bond donors (Lipinski definition) is 6. The van der Waals surface area contributed by atoms with E-state index in [9.17, 15) is 19.2 Å². The van der Waals surface area contributed by atoms with Gasteiger partial charge in [0.05, 0.1) is 0 Å². The van der Waals surface area contributed by atoms with Crippen LogP contribution in [0.1, 0.15) is 19.3 Å². The van der Waals surface area contributed by atoms with Gasteiger partial charge in [-0.05, 0) is 0 Å². The number of rotatable bonds is 12. The van der Waals surface area contributed by atoms with Crippen molar-refractivity contribution < 1.29 is 34.5 Å². The Balaban J connectivity index is 4.74. The van der Waals surface area contributed by atoms with E-state index in [0.717, 1.165) is 0 Å². The summed E-state index contributed by atoms with van der Waals surface area (Å²) in [4.78, 5) is 43.5. The molecule has 0 spiro atoms. The van der Waals surface area contributed by atoms with Gasteiger partial charge in [0, 0.05) is 0 Å². The summed E-state index contributed by atoms with van der Waals surface area (Å²) >= 11 is -0.574. The average Bonchev–Trinajstić information content (AvgIpc) is 2.47. The summed E-state index contributed by atoms with van der Waals surface area (Å²) in [6.45, 7) is 0. The van der Waals surface area contributed by atoms with Gasteiger partial charge in [0.2, 0.25) is 0 Å². The predicted octanol–water partition coefficient (Wildman–Crippen LogP) is -2.13. The average molecular weight is 398 g/mol. The van der Waals surface area contributed by atoms with Gasteiger partial charge in [0.25, 0.3) is 0 Å². The van der Waals surface area contributed by atoms with E-state index in [2.05, 4.69) is 0 Å². The van der Waals surface area contributed by atoms with Crippen LogP contribution in [0, 0.1) is 0 Å². The Morgan fingerprint density at radius 3 is 1.74 bits per heavy atom. The summed E-state index contributed by atoms with van der Waals surface area (Å²) in [5.74, 6) is -4.11. The summed E-state index contributed by atoms with van der Waals surface area (Å²) in [6.07, 6.45) is -0.384. The zero-order chi connectivity index (χ0) is 18.2. The van der Waals surface area contributed by atoms with Crippen LogP contribution >= 0.6 is 0 Å². The summed E-state index contributed by atoms with van der Waals surface area (Å²) in [5, 5.41) is 26.3. The minimum atomic E-state index is -1.27. The van der Waals surface area contributed by atoms with Gasteiger partial charge in [-0.15, -0.1) is 0 Å². The van der Waals surface area contributed by atoms with Crippen molar-refractivity contribution in [1.82, 2.24) is 0 Å². The Kier molecular flexibility index (Phi) is 9.61. The van der Waals surface area contributed by atoms with Crippen LogP contribution in [0.5, 0.6) is 0 Å². The molecule has 10 nitrogen and oxygen atoms in total. The number of carbonyl (C=O) groups excluding carboxylic acids is 1. The Morgan fingerprint density at radius 2 is 1.30 bits per heavy atom. The number of carboxylic acid groups (broad SMARTS) is 3. The van der Waals surface area contributed by atoms with Crippen molar-refractivity contribution in [3.05, 3.63) is 0 Å². The Bertz CT molecular complexity index is 460. The zero-order valence-corrected chi connectivity index (χ0v) is 14.0. The normalized spacial score (nSPS) is 16.1. The summed E-state index contributed by atoms with van der Waals surface area (Å²) in [7, 11) is 0. The molecule has 0 aliphatic rings. The molecule has 0 aromatic carbocycles. The Morgan fingerprint density at radius 1 is 0.826 bits per heavy atom. The van der Waals surface area contributed by atoms with Crippen LogP contribution < -0.4 is 17.2 Å². The fourth-order valence-corrected chi connectivity index (χ4v) is 4.08. The van der Waals surface area contributed by atoms with Crippen molar-refractivity contribution in [3.63, 3.8) is 0 Å². The molecule has 0 amide bonds. The van der Waals surface area contributed by atoms with E-state index >= 15 is 0 Å². The SMILES string of the molecule is NC(C[Se]C(CC(N)C(=O)O)C(=O)CC[C@H](N)C(=O)O)C(=O)O. The van der Waals surface area contributed by atoms with Gasteiger partial charge in [0.15, 0.2) is 0 Å². The summed E-state index contributed by atoms with van der Waals surface area (Å²) in [5.41, 5.74) is 16.1. The monoisotopic (exact) mass is 399 g/mol. The van der Waals surface area contributed by atoms with Crippen LogP contribution in [0.4, 0.5) is 0 Å². The quantitative estimate of drug-likeness (QED) is 0.197. The van der Waals surface area contributed by atoms with Crippen LogP contribution in [0.25, 0.3) is 0 Å². The number of hydrogen-bond acceptors (Lipinski definition) is 7. The molecule has 0 rings (SSSR count). The summed E-state index contributed by atoms with van der Waals surface area (Å²) < 4.78 is 0. The fourth-order valence-electron chi connectivity index (χ4n) is 1.50. The first-order valence-corrected chi connectivity index (χ1v) is 8.85. The van der Waals surface area contributed by atoms with E-state index in [1.807, 2.05) is 0 Å². The zero-order valence-electron chi connectivity index (χ0n) is 12.3. The van der Waals surface area contributed by atoms with Crippen molar-refractivity contribution in [1.29, 1.82) is 0 Å². The molecule has 0 aliphatic carbocycles. The molecule has 0 bridgehead atoms. The van der Waals surface area contributed by atoms with E-state index < -0.39 is 55.8 Å². The number of ketones is 1. The van der Waals surface area contributed by atoms with Gasteiger partial charge in [-0.2, -0.15) is 0 Å². The summed E-state index contributed by atoms with van der Waals surface area (Å²) in [6, 6.07) is -3.60. The molecule has 0 radical (unpaired) electrons. The van der Waals surface area contributed by atoms with Gasteiger partial charge in [-0.25, -0.2) is 0 Å². The van der Waals surface area contributed by atoms with Crippen LogP contribution in [-0.4, -0.2) is 72.1 Å². The molecule has 11 heteroatoms. The van der Waals surface area contributed by atoms with Crippen molar-refractivity contribution in [2.75, 3.05) is 0 Å². The van der Waals surface area contributed by atoms with Crippen molar-refractivity contribution >= 4 is 38.6 Å². The van der Waals surface area contributed by atoms with Crippen molar-refractivity contribution in [2.24, 2.45) is 17.2 Å². The van der Waals surface area contributed by atoms with Crippen LogP contribution in [0.3, 0.4) is 0 Å². The molecule has 0 heterocycles. The van der Waals surface area contributed by atoms with Crippen LogP contribution in [-0.2, 0) is 19.2 Å². The maximum absolute atomic E-state index is 12.1. The molecule has 0 saturated carbocycles. The van der Waals surface area contributed by atoms with Gasteiger partial charge in [-0.3, -0.25) is 0 Å². The maximum atomic E-state index is 12.1. The van der Waals surface area contributed by atoms with Crippen LogP contribution in [0.2, 0.25) is 10.1 Å². The second kappa shape index (κ2) is 10.3. The second-order valence-electron chi connectivity index (χ2n) is 4.90. The van der Waals surface area contributed by atoms with Gasteiger partial charge in [0.1, 0.15) is 0 Å². The van der Waals surface area contributed by atoms with E-state index in [1.165, 1.54) is 0 Å². The molecule has 0 fully saturated rings. The van der Waals surface area contributed by atoms with E-state index in [-0.39, 0.29) is 30.4 Å². The molecule has 0 aromatic rings. The topological polar surface area (TPSA) is 207 Å². The molecule has 23 heavy (non-hydrogen) atoms. The van der Waals surface area contributed by atoms with Gasteiger partial charge >= 0.3 is 138 Å².